The van der Waals surface area contributed by atoms with Gasteiger partial charge in [-0.15, -0.1) is 0 Å². The minimum atomic E-state index is -0.536. The minimum absolute atomic E-state index is 0.106. The highest BCUT2D eigenvalue weighted by Crippen LogP contribution is 2.00. The first-order chi connectivity index (χ1) is 8.49. The van der Waals surface area contributed by atoms with E-state index < -0.39 is 6.04 Å². The van der Waals surface area contributed by atoms with E-state index in [1.807, 2.05) is 13.8 Å². The zero-order chi connectivity index (χ0) is 13.5. The van der Waals surface area contributed by atoms with Crippen LogP contribution in [0.5, 0.6) is 0 Å². The van der Waals surface area contributed by atoms with Gasteiger partial charge in [0.1, 0.15) is 11.8 Å². The summed E-state index contributed by atoms with van der Waals surface area (Å²) < 4.78 is 5.10. The van der Waals surface area contributed by atoms with Gasteiger partial charge in [-0.1, -0.05) is 13.8 Å². The van der Waals surface area contributed by atoms with Crippen molar-refractivity contribution < 1.29 is 14.0 Å². The summed E-state index contributed by atoms with van der Waals surface area (Å²) in [5, 5.41) is 5.36. The van der Waals surface area contributed by atoms with Crippen molar-refractivity contribution in [3.05, 3.63) is 24.2 Å². The topological polar surface area (TPSA) is 71.3 Å². The normalized spacial score (nSPS) is 12.2. The summed E-state index contributed by atoms with van der Waals surface area (Å²) in [5.74, 6) is 0.640. The van der Waals surface area contributed by atoms with Crippen molar-refractivity contribution in [3.8, 4) is 0 Å². The first kappa shape index (κ1) is 14.3. The van der Waals surface area contributed by atoms with Crippen LogP contribution in [0.15, 0.2) is 22.8 Å². The van der Waals surface area contributed by atoms with Crippen molar-refractivity contribution >= 4 is 11.8 Å². The Morgan fingerprint density at radius 2 is 2.06 bits per heavy atom. The van der Waals surface area contributed by atoms with Crippen LogP contribution in [0.25, 0.3) is 0 Å². The van der Waals surface area contributed by atoms with E-state index in [0.717, 1.165) is 0 Å². The second-order valence-electron chi connectivity index (χ2n) is 4.68. The van der Waals surface area contributed by atoms with Crippen molar-refractivity contribution in [1.29, 1.82) is 0 Å². The van der Waals surface area contributed by atoms with Gasteiger partial charge < -0.3 is 15.1 Å². The number of nitrogens with one attached hydrogen (secondary N) is 2. The Labute approximate surface area is 107 Å². The molecule has 0 aromatic carbocycles. The van der Waals surface area contributed by atoms with Crippen LogP contribution in [0.2, 0.25) is 0 Å². The maximum atomic E-state index is 11.7. The van der Waals surface area contributed by atoms with E-state index in [1.54, 1.807) is 25.3 Å². The molecular formula is C13H20N2O3. The summed E-state index contributed by atoms with van der Waals surface area (Å²) in [7, 11) is 0. The molecule has 0 radical (unpaired) electrons. The first-order valence-corrected chi connectivity index (χ1v) is 6.08. The van der Waals surface area contributed by atoms with E-state index in [2.05, 4.69) is 10.6 Å². The number of amides is 2. The Hall–Kier alpha value is -1.78. The maximum Gasteiger partial charge on any atom is 0.242 e. The molecule has 0 saturated carbocycles. The van der Waals surface area contributed by atoms with Gasteiger partial charge in [0.05, 0.1) is 12.8 Å². The molecule has 0 unspecified atom stereocenters. The highest BCUT2D eigenvalue weighted by molar-refractivity contribution is 5.87. The van der Waals surface area contributed by atoms with Crippen LogP contribution in [0, 0.1) is 5.92 Å². The first-order valence-electron chi connectivity index (χ1n) is 6.08. The van der Waals surface area contributed by atoms with Crippen molar-refractivity contribution in [3.63, 3.8) is 0 Å². The summed E-state index contributed by atoms with van der Waals surface area (Å²) >= 11 is 0. The number of rotatable bonds is 6. The summed E-state index contributed by atoms with van der Waals surface area (Å²) in [6.45, 7) is 5.91. The summed E-state index contributed by atoms with van der Waals surface area (Å²) in [6, 6.07) is 3.00. The summed E-state index contributed by atoms with van der Waals surface area (Å²) in [5.41, 5.74) is 0. The van der Waals surface area contributed by atoms with E-state index in [4.69, 9.17) is 4.42 Å². The van der Waals surface area contributed by atoms with Gasteiger partial charge >= 0.3 is 0 Å². The van der Waals surface area contributed by atoms with Crippen LogP contribution in [0.3, 0.4) is 0 Å². The lowest BCUT2D eigenvalue weighted by Gasteiger charge is -2.14. The van der Waals surface area contributed by atoms with Crippen molar-refractivity contribution in [2.24, 2.45) is 5.92 Å². The third-order valence-corrected chi connectivity index (χ3v) is 2.38. The molecule has 0 bridgehead atoms. The highest BCUT2D eigenvalue weighted by Gasteiger charge is 2.15. The Bertz CT molecular complexity index is 385. The van der Waals surface area contributed by atoms with Crippen LogP contribution < -0.4 is 10.6 Å². The van der Waals surface area contributed by atoms with E-state index in [1.165, 1.54) is 0 Å². The molecule has 18 heavy (non-hydrogen) atoms. The molecule has 0 saturated heterocycles. The largest absolute Gasteiger partial charge is 0.467 e. The third kappa shape index (κ3) is 5.03. The molecular weight excluding hydrogens is 232 g/mol. The zero-order valence-corrected chi connectivity index (χ0v) is 11.0. The molecule has 1 rings (SSSR count). The van der Waals surface area contributed by atoms with E-state index >= 15 is 0 Å². The third-order valence-electron chi connectivity index (χ3n) is 2.38. The Kier molecular flexibility index (Phi) is 5.42. The molecule has 5 heteroatoms. The molecule has 2 N–H and O–H groups in total. The molecule has 1 heterocycles. The van der Waals surface area contributed by atoms with E-state index in [9.17, 15) is 9.59 Å². The second kappa shape index (κ2) is 6.83. The number of carbonyl (C=O) groups is 2. The number of hydrogen-bond acceptors (Lipinski definition) is 3. The molecule has 2 amide bonds. The zero-order valence-electron chi connectivity index (χ0n) is 11.0. The number of hydrogen-bond donors (Lipinski definition) is 2. The van der Waals surface area contributed by atoms with Gasteiger partial charge in [-0.2, -0.15) is 0 Å². The van der Waals surface area contributed by atoms with Crippen LogP contribution >= 0.6 is 0 Å². The molecule has 0 spiro atoms. The minimum Gasteiger partial charge on any atom is -0.467 e. The molecule has 1 atom stereocenters. The lowest BCUT2D eigenvalue weighted by molar-refractivity contribution is -0.129. The second-order valence-corrected chi connectivity index (χ2v) is 4.68. The fraction of sp³-hybridized carbons (Fsp3) is 0.538. The lowest BCUT2D eigenvalue weighted by atomic mass is 10.1. The van der Waals surface area contributed by atoms with Crippen LogP contribution in [-0.2, 0) is 16.1 Å². The van der Waals surface area contributed by atoms with Gasteiger partial charge in [0, 0.05) is 6.42 Å². The van der Waals surface area contributed by atoms with Gasteiger partial charge in [0.25, 0.3) is 0 Å². The van der Waals surface area contributed by atoms with Gasteiger partial charge in [0.2, 0.25) is 11.8 Å². The predicted octanol–water partition coefficient (Wildman–Crippen LogP) is 1.45. The predicted molar refractivity (Wildman–Crippen MR) is 67.6 cm³/mol. The monoisotopic (exact) mass is 252 g/mol. The highest BCUT2D eigenvalue weighted by atomic mass is 16.3. The van der Waals surface area contributed by atoms with Crippen LogP contribution in [-0.4, -0.2) is 17.9 Å². The van der Waals surface area contributed by atoms with Gasteiger partial charge in [0.15, 0.2) is 0 Å². The van der Waals surface area contributed by atoms with E-state index in [-0.39, 0.29) is 17.7 Å². The lowest BCUT2D eigenvalue weighted by Crippen LogP contribution is -2.44. The molecule has 0 aliphatic carbocycles. The average Bonchev–Trinajstić information content (AvgIpc) is 2.77. The Morgan fingerprint density at radius 3 is 2.61 bits per heavy atom. The molecule has 5 nitrogen and oxygen atoms in total. The molecule has 0 fully saturated rings. The molecule has 100 valence electrons. The average molecular weight is 252 g/mol. The van der Waals surface area contributed by atoms with E-state index in [0.29, 0.717) is 18.7 Å². The number of carbonyl (C=O) groups excluding carboxylic acids is 2. The number of furan rings is 1. The van der Waals surface area contributed by atoms with Crippen molar-refractivity contribution in [2.45, 2.75) is 39.8 Å². The summed E-state index contributed by atoms with van der Waals surface area (Å²) in [4.78, 5) is 23.2. The maximum absolute atomic E-state index is 11.7. The standard InChI is InChI=1S/C13H20N2O3/c1-9(2)7-12(16)15-10(3)13(17)14-8-11-5-4-6-18-11/h4-6,9-10H,7-8H2,1-3H3,(H,14,17)(H,15,16)/t10-/m0/s1. The smallest absolute Gasteiger partial charge is 0.242 e. The van der Waals surface area contributed by atoms with Crippen LogP contribution in [0.4, 0.5) is 0 Å². The Balaban J connectivity index is 2.30. The SMILES string of the molecule is CC(C)CC(=O)N[C@@H](C)C(=O)NCc1ccco1. The molecule has 1 aromatic rings. The fourth-order valence-corrected chi connectivity index (χ4v) is 1.48. The molecule has 0 aliphatic rings. The fourth-order valence-electron chi connectivity index (χ4n) is 1.48. The molecule has 1 aromatic heterocycles. The Morgan fingerprint density at radius 1 is 1.33 bits per heavy atom. The van der Waals surface area contributed by atoms with Crippen molar-refractivity contribution in [2.75, 3.05) is 0 Å². The van der Waals surface area contributed by atoms with Crippen molar-refractivity contribution in [1.82, 2.24) is 10.6 Å². The summed E-state index contributed by atoms with van der Waals surface area (Å²) in [6.07, 6.45) is 1.98. The molecule has 0 aliphatic heterocycles. The quantitative estimate of drug-likeness (QED) is 0.805. The van der Waals surface area contributed by atoms with Gasteiger partial charge in [-0.05, 0) is 25.0 Å². The van der Waals surface area contributed by atoms with Gasteiger partial charge in [-0.3, -0.25) is 9.59 Å². The van der Waals surface area contributed by atoms with Gasteiger partial charge in [-0.25, -0.2) is 0 Å². The van der Waals surface area contributed by atoms with Crippen LogP contribution in [0.1, 0.15) is 33.0 Å².